The van der Waals surface area contributed by atoms with Crippen LogP contribution in [-0.4, -0.2) is 10.1 Å². The maximum Gasteiger partial charge on any atom is 0.269 e. The lowest BCUT2D eigenvalue weighted by atomic mass is 10.2. The Bertz CT molecular complexity index is 875. The monoisotopic (exact) mass is 336 g/mol. The Morgan fingerprint density at radius 3 is 2.43 bits per heavy atom. The van der Waals surface area contributed by atoms with E-state index in [1.165, 1.54) is 36.4 Å². The van der Waals surface area contributed by atoms with Gasteiger partial charge in [0.05, 0.1) is 0 Å². The molecule has 0 spiro atoms. The summed E-state index contributed by atoms with van der Waals surface area (Å²) in [6.45, 7) is 0. The minimum atomic E-state index is -0.985. The molecule has 0 aliphatic heterocycles. The lowest BCUT2D eigenvalue weighted by molar-refractivity contribution is 0.410. The van der Waals surface area contributed by atoms with E-state index in [1.54, 1.807) is 0 Å². The average molecular weight is 337 g/mol. The van der Waals surface area contributed by atoms with E-state index in [9.17, 15) is 13.2 Å². The third-order valence-electron chi connectivity index (χ3n) is 2.97. The first-order valence-corrected chi connectivity index (χ1v) is 6.83. The maximum absolute atomic E-state index is 13.2. The van der Waals surface area contributed by atoms with Gasteiger partial charge in [0.15, 0.2) is 11.6 Å². The number of hydrogen-bond acceptors (Lipinski definition) is 3. The second-order valence-electron chi connectivity index (χ2n) is 4.60. The lowest BCUT2D eigenvalue weighted by Crippen LogP contribution is -1.85. The molecule has 1 aromatic heterocycles. The Kier molecular flexibility index (Phi) is 4.16. The first-order valence-electron chi connectivity index (χ1n) is 6.45. The van der Waals surface area contributed by atoms with Gasteiger partial charge in [-0.05, 0) is 48.0 Å². The third-order valence-corrected chi connectivity index (χ3v) is 3.24. The number of benzene rings is 2. The van der Waals surface area contributed by atoms with Crippen LogP contribution in [0, 0.1) is 17.5 Å². The summed E-state index contributed by atoms with van der Waals surface area (Å²) in [5.74, 6) is -2.07. The van der Waals surface area contributed by atoms with E-state index in [0.29, 0.717) is 11.1 Å². The van der Waals surface area contributed by atoms with E-state index in [0.717, 1.165) is 12.1 Å². The van der Waals surface area contributed by atoms with Crippen LogP contribution in [0.3, 0.4) is 0 Å². The molecule has 0 fully saturated rings. The minimum absolute atomic E-state index is 0.00993. The van der Waals surface area contributed by atoms with Crippen molar-refractivity contribution in [1.29, 1.82) is 0 Å². The fourth-order valence-corrected chi connectivity index (χ4v) is 2.05. The van der Waals surface area contributed by atoms with Crippen molar-refractivity contribution in [3.8, 4) is 11.4 Å². The topological polar surface area (TPSA) is 38.9 Å². The van der Waals surface area contributed by atoms with Gasteiger partial charge in [0, 0.05) is 5.56 Å². The van der Waals surface area contributed by atoms with E-state index >= 15 is 0 Å². The molecular formula is C16H8ClF3N2O. The van der Waals surface area contributed by atoms with Crippen LogP contribution in [0.25, 0.3) is 22.5 Å². The summed E-state index contributed by atoms with van der Waals surface area (Å²) in [5, 5.41) is 3.81. The van der Waals surface area contributed by atoms with Gasteiger partial charge >= 0.3 is 0 Å². The molecule has 3 nitrogen and oxygen atoms in total. The van der Waals surface area contributed by atoms with E-state index in [2.05, 4.69) is 10.1 Å². The molecular weight excluding hydrogens is 329 g/mol. The largest absolute Gasteiger partial charge is 0.333 e. The molecule has 0 bridgehead atoms. The highest BCUT2D eigenvalue weighted by Crippen LogP contribution is 2.24. The molecule has 0 atom stereocenters. The summed E-state index contributed by atoms with van der Waals surface area (Å²) in [7, 11) is 0. The molecule has 1 heterocycles. The number of aromatic nitrogens is 2. The van der Waals surface area contributed by atoms with Gasteiger partial charge in [0.2, 0.25) is 5.82 Å². The first kappa shape index (κ1) is 15.3. The van der Waals surface area contributed by atoms with Crippen molar-refractivity contribution in [1.82, 2.24) is 10.1 Å². The molecule has 116 valence electrons. The van der Waals surface area contributed by atoms with Gasteiger partial charge in [0.1, 0.15) is 10.8 Å². The zero-order chi connectivity index (χ0) is 16.4. The van der Waals surface area contributed by atoms with Crippen LogP contribution in [0.4, 0.5) is 13.2 Å². The quantitative estimate of drug-likeness (QED) is 0.683. The SMILES string of the molecule is Fc1ccc(-c2noc(/C(Cl)=C/c3ccc(F)c(F)c3)n2)cc1. The molecule has 0 N–H and O–H groups in total. The van der Waals surface area contributed by atoms with Crippen LogP contribution in [-0.2, 0) is 0 Å². The molecule has 0 aliphatic carbocycles. The highest BCUT2D eigenvalue weighted by atomic mass is 35.5. The van der Waals surface area contributed by atoms with Crippen LogP contribution in [0.5, 0.6) is 0 Å². The van der Waals surface area contributed by atoms with Crippen molar-refractivity contribution in [2.24, 2.45) is 0 Å². The number of hydrogen-bond donors (Lipinski definition) is 0. The Morgan fingerprint density at radius 1 is 1.00 bits per heavy atom. The van der Waals surface area contributed by atoms with Gasteiger partial charge in [-0.15, -0.1) is 0 Å². The Hall–Kier alpha value is -2.60. The molecule has 0 aliphatic rings. The van der Waals surface area contributed by atoms with Crippen molar-refractivity contribution < 1.29 is 17.7 Å². The van der Waals surface area contributed by atoms with Crippen molar-refractivity contribution >= 4 is 22.7 Å². The van der Waals surface area contributed by atoms with Crippen LogP contribution < -0.4 is 0 Å². The molecule has 0 unspecified atom stereocenters. The van der Waals surface area contributed by atoms with Crippen molar-refractivity contribution in [3.05, 3.63) is 71.4 Å². The highest BCUT2D eigenvalue weighted by molar-refractivity contribution is 6.50. The number of nitrogens with zero attached hydrogens (tertiary/aromatic N) is 2. The van der Waals surface area contributed by atoms with E-state index in [-0.39, 0.29) is 22.6 Å². The standard InChI is InChI=1S/C16H8ClF3N2O/c17-12(7-9-1-6-13(19)14(20)8-9)16-21-15(22-23-16)10-2-4-11(18)5-3-10/h1-8H/b12-7-. The Morgan fingerprint density at radius 2 is 1.74 bits per heavy atom. The summed E-state index contributed by atoms with van der Waals surface area (Å²) in [6, 6.07) is 8.87. The van der Waals surface area contributed by atoms with Crippen LogP contribution >= 0.6 is 11.6 Å². The van der Waals surface area contributed by atoms with E-state index in [4.69, 9.17) is 16.1 Å². The fraction of sp³-hybridized carbons (Fsp3) is 0. The van der Waals surface area contributed by atoms with E-state index < -0.39 is 11.6 Å². The van der Waals surface area contributed by atoms with Crippen molar-refractivity contribution in [3.63, 3.8) is 0 Å². The van der Waals surface area contributed by atoms with Gasteiger partial charge in [-0.3, -0.25) is 0 Å². The number of halogens is 4. The minimum Gasteiger partial charge on any atom is -0.333 e. The first-order chi connectivity index (χ1) is 11.0. The molecule has 0 amide bonds. The molecule has 0 radical (unpaired) electrons. The summed E-state index contributed by atoms with van der Waals surface area (Å²) < 4.78 is 43.9. The Balaban J connectivity index is 1.88. The molecule has 3 aromatic rings. The van der Waals surface area contributed by atoms with Gasteiger partial charge in [-0.25, -0.2) is 13.2 Å². The second-order valence-corrected chi connectivity index (χ2v) is 5.00. The average Bonchev–Trinajstić information content (AvgIpc) is 3.02. The molecule has 3 rings (SSSR count). The summed E-state index contributed by atoms with van der Waals surface area (Å²) in [6.07, 6.45) is 1.37. The van der Waals surface area contributed by atoms with Gasteiger partial charge in [-0.2, -0.15) is 4.98 Å². The summed E-state index contributed by atoms with van der Waals surface area (Å²) >= 11 is 6.05. The van der Waals surface area contributed by atoms with Gasteiger partial charge in [0.25, 0.3) is 5.89 Å². The molecule has 2 aromatic carbocycles. The predicted molar refractivity (Wildman–Crippen MR) is 79.8 cm³/mol. The summed E-state index contributed by atoms with van der Waals surface area (Å²) in [5.41, 5.74) is 0.897. The van der Waals surface area contributed by atoms with E-state index in [1.807, 2.05) is 0 Å². The zero-order valence-electron chi connectivity index (χ0n) is 11.4. The third kappa shape index (κ3) is 3.43. The lowest BCUT2D eigenvalue weighted by Gasteiger charge is -1.96. The summed E-state index contributed by atoms with van der Waals surface area (Å²) in [4.78, 5) is 4.08. The van der Waals surface area contributed by atoms with Gasteiger partial charge < -0.3 is 4.52 Å². The molecule has 0 saturated carbocycles. The Labute approximate surface area is 134 Å². The second kappa shape index (κ2) is 6.26. The normalized spacial score (nSPS) is 11.7. The van der Waals surface area contributed by atoms with Crippen LogP contribution in [0.1, 0.15) is 11.5 Å². The zero-order valence-corrected chi connectivity index (χ0v) is 12.2. The van der Waals surface area contributed by atoms with Crippen molar-refractivity contribution in [2.45, 2.75) is 0 Å². The van der Waals surface area contributed by atoms with Crippen molar-refractivity contribution in [2.75, 3.05) is 0 Å². The van der Waals surface area contributed by atoms with Crippen LogP contribution in [0.2, 0.25) is 0 Å². The molecule has 23 heavy (non-hydrogen) atoms. The molecule has 7 heteroatoms. The van der Waals surface area contributed by atoms with Crippen LogP contribution in [0.15, 0.2) is 47.0 Å². The highest BCUT2D eigenvalue weighted by Gasteiger charge is 2.12. The molecule has 0 saturated heterocycles. The number of rotatable bonds is 3. The van der Waals surface area contributed by atoms with Gasteiger partial charge in [-0.1, -0.05) is 22.8 Å². The predicted octanol–water partition coefficient (Wildman–Crippen LogP) is 4.89. The maximum atomic E-state index is 13.2. The fourth-order valence-electron chi connectivity index (χ4n) is 1.85. The smallest absolute Gasteiger partial charge is 0.269 e.